The fraction of sp³-hybridized carbons (Fsp3) is 0.444. The smallest absolute Gasteiger partial charge is 0.249 e. The first kappa shape index (κ1) is 27.6. The average molecular weight is 545 g/mol. The van der Waals surface area contributed by atoms with Gasteiger partial charge < -0.3 is 14.7 Å². The first-order chi connectivity index (χ1) is 18.0. The second kappa shape index (κ2) is 12.9. The van der Waals surface area contributed by atoms with Crippen LogP contribution in [0.1, 0.15) is 43.8 Å². The van der Waals surface area contributed by atoms with Gasteiger partial charge in [-0.3, -0.25) is 20.0 Å². The van der Waals surface area contributed by atoms with Crippen LogP contribution < -0.4 is 10.2 Å². The quantitative estimate of drug-likeness (QED) is 0.136. The predicted molar refractivity (Wildman–Crippen MR) is 145 cm³/mol. The molecule has 1 atom stereocenters. The SMILES string of the molecule is COc1ccc2ncc(Cl)c(C(O)CCC3(C(=O)NO)CCN(CCCSc4cccnc4)CC3)c2c1. The molecule has 3 N–H and O–H groups in total. The minimum absolute atomic E-state index is 0.325. The molecule has 1 aliphatic rings. The number of ether oxygens (including phenoxy) is 1. The van der Waals surface area contributed by atoms with Gasteiger partial charge in [-0.15, -0.1) is 11.8 Å². The molecule has 198 valence electrons. The Morgan fingerprint density at radius 2 is 2.11 bits per heavy atom. The van der Waals surface area contributed by atoms with E-state index in [0.29, 0.717) is 47.5 Å². The second-order valence-electron chi connectivity index (χ2n) is 9.41. The van der Waals surface area contributed by atoms with Crippen molar-refractivity contribution >= 4 is 40.2 Å². The largest absolute Gasteiger partial charge is 0.497 e. The number of piperidine rings is 1. The molecule has 0 spiro atoms. The van der Waals surface area contributed by atoms with Crippen molar-refractivity contribution < 1.29 is 19.8 Å². The van der Waals surface area contributed by atoms with Crippen LogP contribution in [-0.4, -0.2) is 63.6 Å². The number of nitrogens with zero attached hydrogens (tertiary/aromatic N) is 3. The Kier molecular flexibility index (Phi) is 9.61. The minimum atomic E-state index is -0.893. The number of hydrogen-bond donors (Lipinski definition) is 3. The Hall–Kier alpha value is -2.43. The fourth-order valence-corrected chi connectivity index (χ4v) is 6.11. The van der Waals surface area contributed by atoms with Gasteiger partial charge >= 0.3 is 0 Å². The molecule has 1 aliphatic heterocycles. The lowest BCUT2D eigenvalue weighted by molar-refractivity contribution is -0.143. The van der Waals surface area contributed by atoms with Crippen LogP contribution in [0.4, 0.5) is 0 Å². The highest BCUT2D eigenvalue weighted by Crippen LogP contribution is 2.41. The Balaban J connectivity index is 1.36. The zero-order chi connectivity index (χ0) is 26.3. The molecule has 1 unspecified atom stereocenters. The number of methoxy groups -OCH3 is 1. The van der Waals surface area contributed by atoms with E-state index in [4.69, 9.17) is 16.3 Å². The fourth-order valence-electron chi connectivity index (χ4n) is 5.02. The number of hydrogen-bond acceptors (Lipinski definition) is 8. The van der Waals surface area contributed by atoms with Gasteiger partial charge in [0.05, 0.1) is 29.2 Å². The number of rotatable bonds is 11. The van der Waals surface area contributed by atoms with E-state index in [1.807, 2.05) is 35.9 Å². The van der Waals surface area contributed by atoms with Crippen molar-refractivity contribution in [2.45, 2.75) is 43.1 Å². The van der Waals surface area contributed by atoms with Crippen LogP contribution in [0.25, 0.3) is 10.9 Å². The first-order valence-electron chi connectivity index (χ1n) is 12.5. The Morgan fingerprint density at radius 1 is 1.30 bits per heavy atom. The summed E-state index contributed by atoms with van der Waals surface area (Å²) in [5.74, 6) is 1.26. The number of halogens is 1. The maximum absolute atomic E-state index is 12.8. The molecular weight excluding hydrogens is 512 g/mol. The molecule has 3 aromatic rings. The van der Waals surface area contributed by atoms with Crippen LogP contribution in [0.3, 0.4) is 0 Å². The standard InChI is InChI=1S/C27H33ClN4O4S/c1-36-19-5-6-23-21(16-19)25(22(28)18-30-23)24(33)7-8-27(26(34)31-35)9-13-32(14-10-27)12-3-15-37-20-4-2-11-29-17-20/h2,4-6,11,16-18,24,33,35H,3,7-10,12-15H2,1H3,(H,31,34). The number of aromatic nitrogens is 2. The van der Waals surface area contributed by atoms with Gasteiger partial charge in [0.15, 0.2) is 0 Å². The van der Waals surface area contributed by atoms with E-state index in [1.165, 1.54) is 11.1 Å². The normalized spacial score (nSPS) is 16.4. The monoisotopic (exact) mass is 544 g/mol. The molecule has 1 amide bonds. The van der Waals surface area contributed by atoms with Gasteiger partial charge in [0, 0.05) is 34.4 Å². The highest BCUT2D eigenvalue weighted by molar-refractivity contribution is 7.99. The van der Waals surface area contributed by atoms with Crippen LogP contribution in [0.5, 0.6) is 5.75 Å². The number of pyridine rings is 2. The van der Waals surface area contributed by atoms with E-state index in [0.717, 1.165) is 37.2 Å². The van der Waals surface area contributed by atoms with Gasteiger partial charge in [0.1, 0.15) is 5.75 Å². The van der Waals surface area contributed by atoms with Gasteiger partial charge in [-0.05, 0) is 87.8 Å². The lowest BCUT2D eigenvalue weighted by atomic mass is 9.73. The van der Waals surface area contributed by atoms with Crippen LogP contribution >= 0.6 is 23.4 Å². The van der Waals surface area contributed by atoms with Crippen molar-refractivity contribution in [3.63, 3.8) is 0 Å². The number of aliphatic hydroxyl groups excluding tert-OH is 1. The van der Waals surface area contributed by atoms with E-state index < -0.39 is 11.5 Å². The van der Waals surface area contributed by atoms with Crippen LogP contribution in [0.2, 0.25) is 5.02 Å². The number of fused-ring (bicyclic) bond motifs is 1. The number of thioether (sulfide) groups is 1. The molecule has 8 nitrogen and oxygen atoms in total. The van der Waals surface area contributed by atoms with Crippen molar-refractivity contribution in [1.29, 1.82) is 0 Å². The molecule has 1 fully saturated rings. The summed E-state index contributed by atoms with van der Waals surface area (Å²) in [5, 5.41) is 21.8. The third-order valence-electron chi connectivity index (χ3n) is 7.22. The Labute approximate surface area is 226 Å². The van der Waals surface area contributed by atoms with Crippen LogP contribution in [0, 0.1) is 5.41 Å². The van der Waals surface area contributed by atoms with Gasteiger partial charge in [-0.1, -0.05) is 11.6 Å². The Morgan fingerprint density at radius 3 is 2.81 bits per heavy atom. The predicted octanol–water partition coefficient (Wildman–Crippen LogP) is 4.88. The molecule has 10 heteroatoms. The molecule has 1 saturated heterocycles. The van der Waals surface area contributed by atoms with Gasteiger partial charge in [0.25, 0.3) is 0 Å². The topological polar surface area (TPSA) is 108 Å². The summed E-state index contributed by atoms with van der Waals surface area (Å²) in [4.78, 5) is 24.8. The summed E-state index contributed by atoms with van der Waals surface area (Å²) in [6.07, 6.45) is 7.31. The summed E-state index contributed by atoms with van der Waals surface area (Å²) in [6.45, 7) is 2.47. The van der Waals surface area contributed by atoms with Gasteiger partial charge in [-0.2, -0.15) is 0 Å². The summed E-state index contributed by atoms with van der Waals surface area (Å²) in [6, 6.07) is 9.46. The number of carbonyl (C=O) groups is 1. The van der Waals surface area contributed by atoms with E-state index in [-0.39, 0.29) is 5.91 Å². The number of aliphatic hydroxyl groups is 1. The summed E-state index contributed by atoms with van der Waals surface area (Å²) >= 11 is 8.26. The van der Waals surface area contributed by atoms with E-state index in [1.54, 1.807) is 25.1 Å². The molecule has 2 aromatic heterocycles. The maximum Gasteiger partial charge on any atom is 0.249 e. The van der Waals surface area contributed by atoms with E-state index in [2.05, 4.69) is 20.9 Å². The lowest BCUT2D eigenvalue weighted by Gasteiger charge is -2.40. The number of nitrogens with one attached hydrogen (secondary N) is 1. The molecule has 4 rings (SSSR count). The maximum atomic E-state index is 12.8. The van der Waals surface area contributed by atoms with E-state index in [9.17, 15) is 15.1 Å². The van der Waals surface area contributed by atoms with Crippen molar-refractivity contribution in [3.8, 4) is 5.75 Å². The summed E-state index contributed by atoms with van der Waals surface area (Å²) < 4.78 is 5.34. The van der Waals surface area contributed by atoms with Gasteiger partial charge in [-0.25, -0.2) is 5.48 Å². The van der Waals surface area contributed by atoms with Crippen LogP contribution in [0.15, 0.2) is 53.8 Å². The van der Waals surface area contributed by atoms with Crippen molar-refractivity contribution in [2.75, 3.05) is 32.5 Å². The third kappa shape index (κ3) is 6.72. The molecule has 1 aromatic carbocycles. The molecule has 0 radical (unpaired) electrons. The van der Waals surface area contributed by atoms with Crippen molar-refractivity contribution in [3.05, 3.63) is 59.5 Å². The number of likely N-dealkylation sites (tertiary alicyclic amines) is 1. The second-order valence-corrected chi connectivity index (χ2v) is 11.0. The average Bonchev–Trinajstić information content (AvgIpc) is 2.94. The lowest BCUT2D eigenvalue weighted by Crippen LogP contribution is -2.48. The molecule has 0 aliphatic carbocycles. The number of amides is 1. The molecule has 0 bridgehead atoms. The highest BCUT2D eigenvalue weighted by Gasteiger charge is 2.41. The number of hydroxylamine groups is 1. The Bertz CT molecular complexity index is 1190. The van der Waals surface area contributed by atoms with Crippen molar-refractivity contribution in [2.24, 2.45) is 5.41 Å². The number of benzene rings is 1. The zero-order valence-corrected chi connectivity index (χ0v) is 22.5. The van der Waals surface area contributed by atoms with Crippen LogP contribution in [-0.2, 0) is 4.79 Å². The van der Waals surface area contributed by atoms with Crippen molar-refractivity contribution in [1.82, 2.24) is 20.3 Å². The van der Waals surface area contributed by atoms with Gasteiger partial charge in [0.2, 0.25) is 5.91 Å². The zero-order valence-electron chi connectivity index (χ0n) is 20.9. The molecular formula is C27H33ClN4O4S. The first-order valence-corrected chi connectivity index (χ1v) is 13.8. The molecule has 37 heavy (non-hydrogen) atoms. The summed E-state index contributed by atoms with van der Waals surface area (Å²) in [7, 11) is 1.58. The summed E-state index contributed by atoms with van der Waals surface area (Å²) in [5.41, 5.74) is 2.42. The highest BCUT2D eigenvalue weighted by atomic mass is 35.5. The third-order valence-corrected chi connectivity index (χ3v) is 8.58. The molecule has 0 saturated carbocycles. The number of carbonyl (C=O) groups excluding carboxylic acids is 1. The molecule has 3 heterocycles. The van der Waals surface area contributed by atoms with E-state index >= 15 is 0 Å². The minimum Gasteiger partial charge on any atom is -0.497 e.